The maximum Gasteiger partial charge on any atom is 0.313 e. The van der Waals surface area contributed by atoms with Crippen LogP contribution in [0.15, 0.2) is 22.8 Å². The Hall–Kier alpha value is -1.58. The Morgan fingerprint density at radius 1 is 1.62 bits per heavy atom. The second-order valence-electron chi connectivity index (χ2n) is 2.43. The van der Waals surface area contributed by atoms with Crippen LogP contribution in [0.2, 0.25) is 0 Å². The fourth-order valence-corrected chi connectivity index (χ4v) is 0.827. The molecule has 0 fully saturated rings. The molecule has 1 heterocycles. The molecule has 0 aromatic carbocycles. The van der Waals surface area contributed by atoms with Crippen LogP contribution in [0.1, 0.15) is 12.2 Å². The smallest absolute Gasteiger partial charge is 0.313 e. The van der Waals surface area contributed by atoms with Gasteiger partial charge in [0.15, 0.2) is 0 Å². The van der Waals surface area contributed by atoms with Crippen molar-refractivity contribution in [2.75, 3.05) is 6.61 Å². The van der Waals surface area contributed by atoms with E-state index in [1.165, 1.54) is 6.26 Å². The van der Waals surface area contributed by atoms with Crippen LogP contribution >= 0.6 is 0 Å². The second-order valence-corrected chi connectivity index (χ2v) is 2.43. The molecule has 0 saturated heterocycles. The summed E-state index contributed by atoms with van der Waals surface area (Å²) in [7, 11) is 0. The van der Waals surface area contributed by atoms with E-state index in [0.29, 0.717) is 12.0 Å². The lowest BCUT2D eigenvalue weighted by atomic mass is 10.3. The molecule has 13 heavy (non-hydrogen) atoms. The number of aldehydes is 1. The van der Waals surface area contributed by atoms with E-state index in [1.54, 1.807) is 12.1 Å². The van der Waals surface area contributed by atoms with Gasteiger partial charge in [-0.15, -0.1) is 0 Å². The summed E-state index contributed by atoms with van der Waals surface area (Å²) in [5, 5.41) is 0. The van der Waals surface area contributed by atoms with E-state index in [-0.39, 0.29) is 25.4 Å². The predicted octanol–water partition coefficient (Wildman–Crippen LogP) is 0.954. The highest BCUT2D eigenvalue weighted by Gasteiger charge is 2.05. The second kappa shape index (κ2) is 5.13. The van der Waals surface area contributed by atoms with Gasteiger partial charge in [-0.1, -0.05) is 0 Å². The summed E-state index contributed by atoms with van der Waals surface area (Å²) < 4.78 is 9.67. The Balaban J connectivity index is 2.22. The minimum atomic E-state index is -0.378. The summed E-state index contributed by atoms with van der Waals surface area (Å²) in [6, 6.07) is 3.40. The van der Waals surface area contributed by atoms with E-state index in [4.69, 9.17) is 9.15 Å². The van der Waals surface area contributed by atoms with E-state index >= 15 is 0 Å². The highest BCUT2D eigenvalue weighted by atomic mass is 16.5. The topological polar surface area (TPSA) is 56.5 Å². The fourth-order valence-electron chi connectivity index (χ4n) is 0.827. The molecule has 0 radical (unpaired) electrons. The molecule has 0 aliphatic rings. The van der Waals surface area contributed by atoms with Crippen LogP contribution in [0.25, 0.3) is 0 Å². The standard InChI is InChI=1S/C9H10O4/c10-4-2-6-13-9(11)7-8-3-1-5-12-8/h1,3-5H,2,6-7H2. The van der Waals surface area contributed by atoms with Gasteiger partial charge < -0.3 is 13.9 Å². The third kappa shape index (κ3) is 3.55. The number of furan rings is 1. The first-order valence-corrected chi connectivity index (χ1v) is 3.94. The Kier molecular flexibility index (Phi) is 3.75. The number of carbonyl (C=O) groups excluding carboxylic acids is 2. The number of ether oxygens (including phenoxy) is 1. The van der Waals surface area contributed by atoms with Crippen LogP contribution in [0.3, 0.4) is 0 Å². The van der Waals surface area contributed by atoms with Gasteiger partial charge in [-0.3, -0.25) is 4.79 Å². The highest BCUT2D eigenvalue weighted by Crippen LogP contribution is 2.01. The molecule has 4 nitrogen and oxygen atoms in total. The molecule has 0 aliphatic heterocycles. The van der Waals surface area contributed by atoms with Crippen molar-refractivity contribution >= 4 is 12.3 Å². The lowest BCUT2D eigenvalue weighted by Gasteiger charge is -1.99. The highest BCUT2D eigenvalue weighted by molar-refractivity contribution is 5.71. The maximum absolute atomic E-state index is 11.0. The van der Waals surface area contributed by atoms with Crippen molar-refractivity contribution in [3.05, 3.63) is 24.2 Å². The first-order valence-electron chi connectivity index (χ1n) is 3.94. The number of hydrogen-bond donors (Lipinski definition) is 0. The van der Waals surface area contributed by atoms with Crippen molar-refractivity contribution in [1.29, 1.82) is 0 Å². The number of rotatable bonds is 5. The van der Waals surface area contributed by atoms with Gasteiger partial charge in [-0.05, 0) is 12.1 Å². The van der Waals surface area contributed by atoms with Crippen molar-refractivity contribution in [2.45, 2.75) is 12.8 Å². The molecular weight excluding hydrogens is 172 g/mol. The first kappa shape index (κ1) is 9.51. The third-order valence-corrected chi connectivity index (χ3v) is 1.40. The minimum Gasteiger partial charge on any atom is -0.469 e. The lowest BCUT2D eigenvalue weighted by molar-refractivity contribution is -0.143. The zero-order chi connectivity index (χ0) is 9.52. The van der Waals surface area contributed by atoms with Gasteiger partial charge in [0.1, 0.15) is 18.5 Å². The van der Waals surface area contributed by atoms with E-state index in [9.17, 15) is 9.59 Å². The number of esters is 1. The van der Waals surface area contributed by atoms with Crippen LogP contribution in [0, 0.1) is 0 Å². The van der Waals surface area contributed by atoms with Crippen LogP contribution in [0.4, 0.5) is 0 Å². The van der Waals surface area contributed by atoms with Crippen molar-refractivity contribution in [3.8, 4) is 0 Å². The van der Waals surface area contributed by atoms with E-state index < -0.39 is 0 Å². The lowest BCUT2D eigenvalue weighted by Crippen LogP contribution is -2.08. The summed E-state index contributed by atoms with van der Waals surface area (Å²) >= 11 is 0. The Bertz CT molecular complexity index is 263. The fraction of sp³-hybridized carbons (Fsp3) is 0.333. The monoisotopic (exact) mass is 182 g/mol. The van der Waals surface area contributed by atoms with Gasteiger partial charge in [0.05, 0.1) is 12.9 Å². The molecule has 0 saturated carbocycles. The Labute approximate surface area is 75.5 Å². The van der Waals surface area contributed by atoms with E-state index in [0.717, 1.165) is 0 Å². The van der Waals surface area contributed by atoms with Crippen molar-refractivity contribution in [1.82, 2.24) is 0 Å². The molecule has 0 bridgehead atoms. The Morgan fingerprint density at radius 3 is 3.08 bits per heavy atom. The van der Waals surface area contributed by atoms with E-state index in [2.05, 4.69) is 0 Å². The number of hydrogen-bond acceptors (Lipinski definition) is 4. The summed E-state index contributed by atoms with van der Waals surface area (Å²) in [6.45, 7) is 0.142. The number of carbonyl (C=O) groups is 2. The van der Waals surface area contributed by atoms with Crippen LogP contribution < -0.4 is 0 Å². The zero-order valence-electron chi connectivity index (χ0n) is 7.06. The summed E-state index contributed by atoms with van der Waals surface area (Å²) in [5.41, 5.74) is 0. The molecule has 0 spiro atoms. The molecule has 0 amide bonds. The van der Waals surface area contributed by atoms with E-state index in [1.807, 2.05) is 0 Å². The quantitative estimate of drug-likeness (QED) is 0.386. The third-order valence-electron chi connectivity index (χ3n) is 1.40. The van der Waals surface area contributed by atoms with Gasteiger partial charge in [0.25, 0.3) is 0 Å². The summed E-state index contributed by atoms with van der Waals surface area (Å²) in [6.07, 6.45) is 2.56. The molecule has 4 heteroatoms. The minimum absolute atomic E-state index is 0.117. The van der Waals surface area contributed by atoms with Gasteiger partial charge in [0.2, 0.25) is 0 Å². The SMILES string of the molecule is O=CCCOC(=O)Cc1ccco1. The average Bonchev–Trinajstić information content (AvgIpc) is 2.57. The largest absolute Gasteiger partial charge is 0.469 e. The molecule has 0 N–H and O–H groups in total. The van der Waals surface area contributed by atoms with Crippen molar-refractivity contribution < 1.29 is 18.7 Å². The van der Waals surface area contributed by atoms with Crippen LogP contribution in [0.5, 0.6) is 0 Å². The predicted molar refractivity (Wildman–Crippen MR) is 44.1 cm³/mol. The maximum atomic E-state index is 11.0. The molecule has 1 aromatic heterocycles. The zero-order valence-corrected chi connectivity index (χ0v) is 7.06. The molecular formula is C9H10O4. The van der Waals surface area contributed by atoms with Gasteiger partial charge in [-0.2, -0.15) is 0 Å². The molecule has 0 atom stereocenters. The van der Waals surface area contributed by atoms with Gasteiger partial charge in [-0.25, -0.2) is 0 Å². The molecule has 1 aromatic rings. The van der Waals surface area contributed by atoms with Crippen molar-refractivity contribution in [2.24, 2.45) is 0 Å². The van der Waals surface area contributed by atoms with Crippen LogP contribution in [-0.2, 0) is 20.7 Å². The first-order chi connectivity index (χ1) is 6.33. The van der Waals surface area contributed by atoms with Gasteiger partial charge >= 0.3 is 5.97 Å². The van der Waals surface area contributed by atoms with Gasteiger partial charge in [0, 0.05) is 6.42 Å². The van der Waals surface area contributed by atoms with Crippen LogP contribution in [-0.4, -0.2) is 18.9 Å². The van der Waals surface area contributed by atoms with Crippen molar-refractivity contribution in [3.63, 3.8) is 0 Å². The molecule has 0 unspecified atom stereocenters. The molecule has 0 aliphatic carbocycles. The summed E-state index contributed by atoms with van der Waals surface area (Å²) in [4.78, 5) is 20.9. The Morgan fingerprint density at radius 2 is 2.46 bits per heavy atom. The molecule has 70 valence electrons. The summed E-state index contributed by atoms with van der Waals surface area (Å²) in [5.74, 6) is 0.188. The normalized spacial score (nSPS) is 9.54. The molecule has 1 rings (SSSR count). The average molecular weight is 182 g/mol.